The fraction of sp³-hybridized carbons (Fsp3) is 0.133. The molecule has 0 atom stereocenters. The molecule has 0 aliphatic carbocycles. The molecule has 2 aromatic carbocycles. The van der Waals surface area contributed by atoms with E-state index in [1.54, 1.807) is 0 Å². The lowest BCUT2D eigenvalue weighted by Gasteiger charge is -2.08. The predicted molar refractivity (Wildman–Crippen MR) is 85.5 cm³/mol. The number of imidazole rings is 1. The van der Waals surface area contributed by atoms with Gasteiger partial charge in [-0.3, -0.25) is 4.57 Å². The molecule has 0 saturated heterocycles. The minimum absolute atomic E-state index is 0.508. The van der Waals surface area contributed by atoms with Crippen molar-refractivity contribution in [3.05, 3.63) is 58.3 Å². The highest BCUT2D eigenvalue weighted by Gasteiger charge is 2.13. The van der Waals surface area contributed by atoms with Crippen molar-refractivity contribution >= 4 is 45.8 Å². The summed E-state index contributed by atoms with van der Waals surface area (Å²) in [6.45, 7) is 0. The average Bonchev–Trinajstić information content (AvgIpc) is 2.80. The van der Waals surface area contributed by atoms with E-state index in [1.807, 2.05) is 42.5 Å². The van der Waals surface area contributed by atoms with Gasteiger partial charge in [0, 0.05) is 23.0 Å². The highest BCUT2D eigenvalue weighted by molar-refractivity contribution is 6.35. The van der Waals surface area contributed by atoms with Gasteiger partial charge in [0.2, 0.25) is 0 Å². The Bertz CT molecular complexity index is 748. The van der Waals surface area contributed by atoms with Gasteiger partial charge < -0.3 is 0 Å². The van der Waals surface area contributed by atoms with Gasteiger partial charge in [-0.25, -0.2) is 4.98 Å². The average molecular weight is 326 g/mol. The molecule has 0 saturated carbocycles. The number of benzene rings is 2. The largest absolute Gasteiger partial charge is 0.296 e. The maximum atomic E-state index is 6.23. The number of rotatable bonds is 3. The monoisotopic (exact) mass is 324 g/mol. The molecule has 20 heavy (non-hydrogen) atoms. The summed E-state index contributed by atoms with van der Waals surface area (Å²) in [5, 5.41) is 1.35. The minimum Gasteiger partial charge on any atom is -0.296 e. The van der Waals surface area contributed by atoms with Crippen LogP contribution in [0.4, 0.5) is 0 Å². The number of hydrogen-bond acceptors (Lipinski definition) is 1. The summed E-state index contributed by atoms with van der Waals surface area (Å²) >= 11 is 18.1. The van der Waals surface area contributed by atoms with Gasteiger partial charge in [-0.2, -0.15) is 0 Å². The minimum atomic E-state index is 0.508. The number of aromatic nitrogens is 2. The number of halogens is 3. The van der Waals surface area contributed by atoms with Crippen LogP contribution in [0.25, 0.3) is 16.7 Å². The van der Waals surface area contributed by atoms with Gasteiger partial charge in [-0.15, -0.1) is 11.6 Å². The molecule has 0 aliphatic heterocycles. The van der Waals surface area contributed by atoms with Crippen LogP contribution in [0.5, 0.6) is 0 Å². The van der Waals surface area contributed by atoms with Gasteiger partial charge in [-0.1, -0.05) is 29.3 Å². The first-order valence-electron chi connectivity index (χ1n) is 6.18. The predicted octanol–water partition coefficient (Wildman–Crippen LogP) is 5.11. The smallest absolute Gasteiger partial charge is 0.115 e. The molecule has 0 spiro atoms. The summed E-state index contributed by atoms with van der Waals surface area (Å²) in [4.78, 5) is 4.61. The molecule has 0 unspecified atom stereocenters. The summed E-state index contributed by atoms with van der Waals surface area (Å²) in [5.41, 5.74) is 2.77. The fourth-order valence-electron chi connectivity index (χ4n) is 2.24. The lowest BCUT2D eigenvalue weighted by Crippen LogP contribution is -2.01. The quantitative estimate of drug-likeness (QED) is 0.612. The second-order valence-electron chi connectivity index (χ2n) is 4.39. The van der Waals surface area contributed by atoms with E-state index in [0.717, 1.165) is 22.5 Å². The van der Waals surface area contributed by atoms with Crippen molar-refractivity contribution in [1.82, 2.24) is 9.55 Å². The van der Waals surface area contributed by atoms with Crippen molar-refractivity contribution < 1.29 is 0 Å². The van der Waals surface area contributed by atoms with Gasteiger partial charge in [0.1, 0.15) is 11.3 Å². The van der Waals surface area contributed by atoms with Crippen LogP contribution in [-0.2, 0) is 6.42 Å². The summed E-state index contributed by atoms with van der Waals surface area (Å²) in [5.74, 6) is 1.40. The molecule has 0 radical (unpaired) electrons. The molecule has 3 aromatic rings. The first kappa shape index (κ1) is 13.7. The van der Waals surface area contributed by atoms with Crippen molar-refractivity contribution in [3.8, 4) is 5.69 Å². The van der Waals surface area contributed by atoms with Crippen molar-refractivity contribution in [2.24, 2.45) is 0 Å². The molecule has 0 bridgehead atoms. The van der Waals surface area contributed by atoms with Crippen LogP contribution in [0, 0.1) is 0 Å². The van der Waals surface area contributed by atoms with Crippen LogP contribution in [-0.4, -0.2) is 15.4 Å². The molecule has 0 N–H and O–H groups in total. The third-order valence-corrected chi connectivity index (χ3v) is 3.85. The number of hydrogen-bond donors (Lipinski definition) is 0. The first-order valence-corrected chi connectivity index (χ1v) is 7.47. The SMILES string of the molecule is ClCCc1nc2c(Cl)cccc2n1-c1ccc(Cl)cc1. The lowest BCUT2D eigenvalue weighted by molar-refractivity contribution is 0.912. The third-order valence-electron chi connectivity index (χ3n) is 3.11. The normalized spacial score (nSPS) is 11.2. The third kappa shape index (κ3) is 2.39. The zero-order valence-corrected chi connectivity index (χ0v) is 12.8. The molecule has 0 fully saturated rings. The topological polar surface area (TPSA) is 17.8 Å². The summed E-state index contributed by atoms with van der Waals surface area (Å²) in [7, 11) is 0. The zero-order chi connectivity index (χ0) is 14.1. The maximum Gasteiger partial charge on any atom is 0.115 e. The standard InChI is InChI=1S/C15H11Cl3N2/c16-9-8-14-19-15-12(18)2-1-3-13(15)20(14)11-6-4-10(17)5-7-11/h1-7H,8-9H2. The maximum absolute atomic E-state index is 6.23. The van der Waals surface area contributed by atoms with Crippen molar-refractivity contribution in [3.63, 3.8) is 0 Å². The van der Waals surface area contributed by atoms with E-state index >= 15 is 0 Å². The number of aryl methyl sites for hydroxylation is 1. The molecule has 0 amide bonds. The Hall–Kier alpha value is -1.22. The van der Waals surface area contributed by atoms with E-state index in [1.165, 1.54) is 0 Å². The second-order valence-corrected chi connectivity index (χ2v) is 5.61. The van der Waals surface area contributed by atoms with E-state index in [-0.39, 0.29) is 0 Å². The number of nitrogens with zero attached hydrogens (tertiary/aromatic N) is 2. The Labute approximate surface area is 131 Å². The molecule has 1 heterocycles. The molecule has 5 heteroatoms. The Kier molecular flexibility index (Phi) is 3.88. The molecular weight excluding hydrogens is 315 g/mol. The van der Waals surface area contributed by atoms with Gasteiger partial charge >= 0.3 is 0 Å². The van der Waals surface area contributed by atoms with Crippen LogP contribution >= 0.6 is 34.8 Å². The first-order chi connectivity index (χ1) is 9.70. The van der Waals surface area contributed by atoms with Crippen LogP contribution in [0.1, 0.15) is 5.82 Å². The van der Waals surface area contributed by atoms with E-state index < -0.39 is 0 Å². The highest BCUT2D eigenvalue weighted by atomic mass is 35.5. The van der Waals surface area contributed by atoms with Crippen LogP contribution < -0.4 is 0 Å². The molecule has 3 rings (SSSR count). The van der Waals surface area contributed by atoms with Crippen molar-refractivity contribution in [2.75, 3.05) is 5.88 Å². The Morgan fingerprint density at radius 2 is 1.75 bits per heavy atom. The van der Waals surface area contributed by atoms with Gasteiger partial charge in [-0.05, 0) is 36.4 Å². The molecule has 2 nitrogen and oxygen atoms in total. The van der Waals surface area contributed by atoms with Gasteiger partial charge in [0.25, 0.3) is 0 Å². The molecule has 102 valence electrons. The zero-order valence-electron chi connectivity index (χ0n) is 10.5. The van der Waals surface area contributed by atoms with Crippen molar-refractivity contribution in [2.45, 2.75) is 6.42 Å². The van der Waals surface area contributed by atoms with E-state index in [9.17, 15) is 0 Å². The van der Waals surface area contributed by atoms with E-state index in [2.05, 4.69) is 9.55 Å². The lowest BCUT2D eigenvalue weighted by atomic mass is 10.2. The second kappa shape index (κ2) is 5.65. The van der Waals surface area contributed by atoms with Gasteiger partial charge in [0.05, 0.1) is 10.5 Å². The highest BCUT2D eigenvalue weighted by Crippen LogP contribution is 2.27. The molecular formula is C15H11Cl3N2. The van der Waals surface area contributed by atoms with Crippen molar-refractivity contribution in [1.29, 1.82) is 0 Å². The summed E-state index contributed by atoms with van der Waals surface area (Å²) < 4.78 is 2.07. The number of para-hydroxylation sites is 1. The summed E-state index contributed by atoms with van der Waals surface area (Å²) in [6, 6.07) is 13.4. The fourth-order valence-corrected chi connectivity index (χ4v) is 2.75. The Morgan fingerprint density at radius 3 is 2.45 bits per heavy atom. The Morgan fingerprint density at radius 1 is 1.00 bits per heavy atom. The number of alkyl halides is 1. The molecule has 0 aliphatic rings. The van der Waals surface area contributed by atoms with Crippen LogP contribution in [0.3, 0.4) is 0 Å². The van der Waals surface area contributed by atoms with Crippen LogP contribution in [0.15, 0.2) is 42.5 Å². The molecule has 1 aromatic heterocycles. The van der Waals surface area contributed by atoms with E-state index in [4.69, 9.17) is 34.8 Å². The Balaban J connectivity index is 2.28. The van der Waals surface area contributed by atoms with Gasteiger partial charge in [0.15, 0.2) is 0 Å². The summed E-state index contributed by atoms with van der Waals surface area (Å²) in [6.07, 6.45) is 0.676. The number of fused-ring (bicyclic) bond motifs is 1. The van der Waals surface area contributed by atoms with Crippen LogP contribution in [0.2, 0.25) is 10.0 Å². The van der Waals surface area contributed by atoms with E-state index in [0.29, 0.717) is 22.3 Å².